The molecule has 0 atom stereocenters. The fourth-order valence-corrected chi connectivity index (χ4v) is 1.10. The van der Waals surface area contributed by atoms with Gasteiger partial charge in [-0.1, -0.05) is 38.7 Å². The molecule has 4 heteroatoms. The van der Waals surface area contributed by atoms with Crippen LogP contribution in [0.5, 0.6) is 0 Å². The van der Waals surface area contributed by atoms with Crippen molar-refractivity contribution in [1.82, 2.24) is 0 Å². The summed E-state index contributed by atoms with van der Waals surface area (Å²) in [6.45, 7) is 0. The van der Waals surface area contributed by atoms with Gasteiger partial charge < -0.3 is 5.21 Å². The topological polar surface area (TPSA) is 32.6 Å². The average molecular weight is 210 g/mol. The molecule has 0 aliphatic rings. The molecule has 1 N–H and O–H groups in total. The fraction of sp³-hybridized carbons (Fsp3) is 0. The van der Waals surface area contributed by atoms with Crippen LogP contribution in [0.3, 0.4) is 0 Å². The summed E-state index contributed by atoms with van der Waals surface area (Å²) >= 11 is 3.26. The van der Waals surface area contributed by atoms with Gasteiger partial charge in [0.15, 0.2) is 0 Å². The summed E-state index contributed by atoms with van der Waals surface area (Å²) in [7, 11) is 5.58. The molecule has 54 valence electrons. The third-order valence-corrected chi connectivity index (χ3v) is 1.74. The first-order chi connectivity index (χ1) is 5.24. The summed E-state index contributed by atoms with van der Waals surface area (Å²) in [6, 6.07) is 5.34. The molecule has 1 aromatic carbocycles. The summed E-state index contributed by atoms with van der Waals surface area (Å²) in [4.78, 5) is 0. The maximum absolute atomic E-state index is 8.22. The quantitative estimate of drug-likeness (QED) is 0.319. The van der Waals surface area contributed by atoms with E-state index < -0.39 is 0 Å². The first-order valence-corrected chi connectivity index (χ1v) is 3.76. The number of nitrogens with zero attached hydrogens (tertiary/aromatic N) is 1. The second-order valence-corrected chi connectivity index (χ2v) is 2.93. The van der Waals surface area contributed by atoms with E-state index in [-0.39, 0.29) is 0 Å². The number of halogens is 1. The van der Waals surface area contributed by atoms with Crippen LogP contribution < -0.4 is 5.46 Å². The van der Waals surface area contributed by atoms with Crippen LogP contribution in [0, 0.1) is 0 Å². The van der Waals surface area contributed by atoms with Crippen molar-refractivity contribution in [2.24, 2.45) is 5.16 Å². The van der Waals surface area contributed by atoms with Gasteiger partial charge in [-0.15, -0.1) is 0 Å². The van der Waals surface area contributed by atoms with Crippen LogP contribution in [0.1, 0.15) is 5.56 Å². The van der Waals surface area contributed by atoms with Gasteiger partial charge in [-0.3, -0.25) is 0 Å². The Labute approximate surface area is 74.5 Å². The van der Waals surface area contributed by atoms with Crippen LogP contribution in [0.15, 0.2) is 27.8 Å². The van der Waals surface area contributed by atoms with Crippen molar-refractivity contribution in [1.29, 1.82) is 0 Å². The normalized spacial score (nSPS) is 10.6. The molecule has 11 heavy (non-hydrogen) atoms. The number of hydrogen-bond acceptors (Lipinski definition) is 2. The van der Waals surface area contributed by atoms with Crippen LogP contribution in [0.2, 0.25) is 0 Å². The lowest BCUT2D eigenvalue weighted by Gasteiger charge is -1.98. The van der Waals surface area contributed by atoms with Crippen molar-refractivity contribution in [3.8, 4) is 0 Å². The van der Waals surface area contributed by atoms with Gasteiger partial charge in [0, 0.05) is 4.47 Å². The molecule has 0 unspecified atom stereocenters. The number of benzene rings is 1. The van der Waals surface area contributed by atoms with Gasteiger partial charge in [0.2, 0.25) is 0 Å². The largest absolute Gasteiger partial charge is 0.411 e. The predicted molar refractivity (Wildman–Crippen MR) is 48.9 cm³/mol. The van der Waals surface area contributed by atoms with E-state index in [0.29, 0.717) is 11.0 Å². The van der Waals surface area contributed by atoms with Crippen LogP contribution >= 0.6 is 15.9 Å². The van der Waals surface area contributed by atoms with E-state index in [4.69, 9.17) is 13.1 Å². The predicted octanol–water partition coefficient (Wildman–Crippen LogP) is 1.05. The van der Waals surface area contributed by atoms with Crippen LogP contribution in [-0.2, 0) is 0 Å². The van der Waals surface area contributed by atoms with Crippen molar-refractivity contribution in [3.63, 3.8) is 0 Å². The maximum Gasteiger partial charge on any atom is 0.114 e. The zero-order valence-corrected chi connectivity index (χ0v) is 7.25. The fourth-order valence-electron chi connectivity index (χ4n) is 0.725. The maximum atomic E-state index is 8.22. The lowest BCUT2D eigenvalue weighted by molar-refractivity contribution is 0.322. The summed E-state index contributed by atoms with van der Waals surface area (Å²) < 4.78 is 0.907. The molecule has 1 rings (SSSR count). The van der Waals surface area contributed by atoms with Crippen LogP contribution in [0.4, 0.5) is 0 Å². The Morgan fingerprint density at radius 3 is 2.82 bits per heavy atom. The average Bonchev–Trinajstić information content (AvgIpc) is 1.95. The molecule has 0 saturated carbocycles. The Balaban J connectivity index is 3.09. The molecule has 0 aliphatic heterocycles. The zero-order chi connectivity index (χ0) is 8.27. The highest BCUT2D eigenvalue weighted by molar-refractivity contribution is 9.10. The van der Waals surface area contributed by atoms with E-state index in [1.54, 1.807) is 12.1 Å². The molecule has 0 heterocycles. The lowest BCUT2D eigenvalue weighted by atomic mass is 9.91. The minimum Gasteiger partial charge on any atom is -0.411 e. The molecular weight excluding hydrogens is 205 g/mol. The molecular formula is C7H5BBrNO. The van der Waals surface area contributed by atoms with E-state index in [1.165, 1.54) is 6.21 Å². The third kappa shape index (κ3) is 2.08. The minimum absolute atomic E-state index is 0.581. The second-order valence-electron chi connectivity index (χ2n) is 2.02. The number of rotatable bonds is 1. The number of hydrogen-bond donors (Lipinski definition) is 1. The molecule has 2 nitrogen and oxygen atoms in total. The van der Waals surface area contributed by atoms with Gasteiger partial charge in [-0.05, 0) is 11.6 Å². The summed E-state index contributed by atoms with van der Waals surface area (Å²) in [5.74, 6) is 0. The smallest absolute Gasteiger partial charge is 0.114 e. The highest BCUT2D eigenvalue weighted by Gasteiger charge is 1.94. The molecule has 0 aliphatic carbocycles. The van der Waals surface area contributed by atoms with Crippen molar-refractivity contribution in [2.45, 2.75) is 0 Å². The Kier molecular flexibility index (Phi) is 2.71. The SMILES string of the molecule is [B]c1cc(Br)ccc1/C=N\O. The zero-order valence-electron chi connectivity index (χ0n) is 5.66. The third-order valence-electron chi connectivity index (χ3n) is 1.25. The summed E-state index contributed by atoms with van der Waals surface area (Å²) in [5, 5.41) is 11.1. The van der Waals surface area contributed by atoms with Gasteiger partial charge in [0.05, 0.1) is 6.21 Å². The standard InChI is InChI=1S/C7H5BBrNO/c8-7-3-6(9)2-1-5(7)4-10-11/h1-4,11H/b10-4-. The summed E-state index contributed by atoms with van der Waals surface area (Å²) in [6.07, 6.45) is 1.29. The highest BCUT2D eigenvalue weighted by Crippen LogP contribution is 2.06. The molecule has 0 saturated heterocycles. The van der Waals surface area contributed by atoms with E-state index in [0.717, 1.165) is 4.47 Å². The second kappa shape index (κ2) is 3.58. The van der Waals surface area contributed by atoms with Crippen molar-refractivity contribution < 1.29 is 5.21 Å². The first kappa shape index (κ1) is 8.33. The monoisotopic (exact) mass is 209 g/mol. The Morgan fingerprint density at radius 2 is 2.27 bits per heavy atom. The van der Waals surface area contributed by atoms with Crippen molar-refractivity contribution >= 4 is 35.5 Å². The van der Waals surface area contributed by atoms with Crippen LogP contribution in [0.25, 0.3) is 0 Å². The van der Waals surface area contributed by atoms with Gasteiger partial charge in [0.25, 0.3) is 0 Å². The molecule has 0 amide bonds. The van der Waals surface area contributed by atoms with Gasteiger partial charge in [-0.2, -0.15) is 0 Å². The van der Waals surface area contributed by atoms with E-state index in [2.05, 4.69) is 21.1 Å². The van der Waals surface area contributed by atoms with Gasteiger partial charge in [0.1, 0.15) is 7.85 Å². The number of oxime groups is 1. The molecule has 1 aromatic rings. The minimum atomic E-state index is 0.581. The summed E-state index contributed by atoms with van der Waals surface area (Å²) in [5.41, 5.74) is 1.29. The van der Waals surface area contributed by atoms with E-state index >= 15 is 0 Å². The molecule has 2 radical (unpaired) electrons. The molecule has 0 spiro atoms. The van der Waals surface area contributed by atoms with E-state index in [1.807, 2.05) is 6.07 Å². The Bertz CT molecular complexity index is 288. The first-order valence-electron chi connectivity index (χ1n) is 2.96. The van der Waals surface area contributed by atoms with Gasteiger partial charge in [-0.25, -0.2) is 0 Å². The van der Waals surface area contributed by atoms with Crippen LogP contribution in [-0.4, -0.2) is 19.3 Å². The molecule has 0 aromatic heterocycles. The Hall–Kier alpha value is -0.765. The molecule has 0 fully saturated rings. The molecule has 0 bridgehead atoms. The lowest BCUT2D eigenvalue weighted by Crippen LogP contribution is -2.09. The van der Waals surface area contributed by atoms with E-state index in [9.17, 15) is 0 Å². The van der Waals surface area contributed by atoms with Crippen molar-refractivity contribution in [2.75, 3.05) is 0 Å². The van der Waals surface area contributed by atoms with Gasteiger partial charge >= 0.3 is 0 Å². The Morgan fingerprint density at radius 1 is 1.55 bits per heavy atom. The highest BCUT2D eigenvalue weighted by atomic mass is 79.9. The van der Waals surface area contributed by atoms with Crippen molar-refractivity contribution in [3.05, 3.63) is 28.2 Å².